The maximum absolute atomic E-state index is 10.7. The Hall–Kier alpha value is -1.65. The Bertz CT molecular complexity index is 388. The lowest BCUT2D eigenvalue weighted by molar-refractivity contribution is -0.384. The van der Waals surface area contributed by atoms with Crippen molar-refractivity contribution in [2.75, 3.05) is 5.32 Å². The Kier molecular flexibility index (Phi) is 2.30. The summed E-state index contributed by atoms with van der Waals surface area (Å²) in [5.41, 5.74) is 0.0321. The Morgan fingerprint density at radius 1 is 1.60 bits per heavy atom. The van der Waals surface area contributed by atoms with Gasteiger partial charge < -0.3 is 5.32 Å². The fraction of sp³-hybridized carbons (Fsp3) is 0.500. The zero-order valence-electron chi connectivity index (χ0n) is 8.56. The van der Waals surface area contributed by atoms with Crippen molar-refractivity contribution in [3.63, 3.8) is 0 Å². The molecule has 2 rings (SSSR count). The van der Waals surface area contributed by atoms with Crippen LogP contribution in [0.1, 0.15) is 26.2 Å². The molecule has 0 saturated heterocycles. The van der Waals surface area contributed by atoms with Crippen LogP contribution in [-0.4, -0.2) is 15.4 Å². The third kappa shape index (κ3) is 1.91. The first-order chi connectivity index (χ1) is 7.11. The molecule has 0 aromatic carbocycles. The van der Waals surface area contributed by atoms with Crippen molar-refractivity contribution < 1.29 is 4.92 Å². The fourth-order valence-electron chi connectivity index (χ4n) is 1.76. The van der Waals surface area contributed by atoms with E-state index in [0.717, 1.165) is 12.8 Å². The lowest BCUT2D eigenvalue weighted by Crippen LogP contribution is -2.42. The fourth-order valence-corrected chi connectivity index (χ4v) is 1.76. The topological polar surface area (TPSA) is 68.1 Å². The molecule has 15 heavy (non-hydrogen) atoms. The van der Waals surface area contributed by atoms with E-state index in [1.807, 2.05) is 0 Å². The van der Waals surface area contributed by atoms with Crippen LogP contribution in [0.4, 0.5) is 11.5 Å². The van der Waals surface area contributed by atoms with Crippen LogP contribution >= 0.6 is 0 Å². The van der Waals surface area contributed by atoms with Crippen molar-refractivity contribution in [2.45, 2.75) is 31.7 Å². The number of anilines is 1. The number of pyridine rings is 1. The first kappa shape index (κ1) is 9.89. The minimum atomic E-state index is -0.405. The molecule has 5 heteroatoms. The summed E-state index contributed by atoms with van der Waals surface area (Å²) in [5, 5.41) is 13.9. The molecule has 0 atom stereocenters. The summed E-state index contributed by atoms with van der Waals surface area (Å²) in [6, 6.07) is 3.05. The van der Waals surface area contributed by atoms with Gasteiger partial charge in [-0.1, -0.05) is 0 Å². The van der Waals surface area contributed by atoms with Gasteiger partial charge in [0.15, 0.2) is 0 Å². The maximum atomic E-state index is 10.7. The monoisotopic (exact) mass is 207 g/mol. The van der Waals surface area contributed by atoms with Crippen LogP contribution in [0, 0.1) is 10.1 Å². The predicted molar refractivity (Wildman–Crippen MR) is 56.8 cm³/mol. The molecule has 0 aliphatic heterocycles. The van der Waals surface area contributed by atoms with Crippen LogP contribution in [0.5, 0.6) is 0 Å². The minimum absolute atomic E-state index is 0.0148. The highest BCUT2D eigenvalue weighted by molar-refractivity contribution is 5.56. The largest absolute Gasteiger partial charge is 0.359 e. The Balaban J connectivity index is 2.23. The highest BCUT2D eigenvalue weighted by Crippen LogP contribution is 2.36. The lowest BCUT2D eigenvalue weighted by Gasteiger charge is -2.39. The molecule has 1 heterocycles. The maximum Gasteiger partial charge on any atom is 0.311 e. The van der Waals surface area contributed by atoms with E-state index in [-0.39, 0.29) is 11.2 Å². The molecule has 0 spiro atoms. The van der Waals surface area contributed by atoms with Crippen molar-refractivity contribution in [1.29, 1.82) is 0 Å². The summed E-state index contributed by atoms with van der Waals surface area (Å²) in [5.74, 6) is 0.379. The molecule has 1 aliphatic rings. The third-order valence-corrected chi connectivity index (χ3v) is 2.86. The van der Waals surface area contributed by atoms with Crippen LogP contribution in [0.3, 0.4) is 0 Å². The number of nitro groups is 1. The standard InChI is InChI=1S/C10H13N3O2/c1-10(5-3-6-10)12-9-8(13(14)15)4-2-7-11-9/h2,4,7H,3,5-6H2,1H3,(H,11,12). The summed E-state index contributed by atoms with van der Waals surface area (Å²) in [4.78, 5) is 14.3. The highest BCUT2D eigenvalue weighted by atomic mass is 16.6. The zero-order chi connectivity index (χ0) is 10.9. The molecule has 1 aliphatic carbocycles. The van der Waals surface area contributed by atoms with Gasteiger partial charge in [0, 0.05) is 17.8 Å². The second-order valence-electron chi connectivity index (χ2n) is 4.17. The lowest BCUT2D eigenvalue weighted by atomic mass is 9.78. The molecule has 0 radical (unpaired) electrons. The number of nitrogens with one attached hydrogen (secondary N) is 1. The molecular formula is C10H13N3O2. The molecule has 5 nitrogen and oxygen atoms in total. The summed E-state index contributed by atoms with van der Waals surface area (Å²) in [7, 11) is 0. The van der Waals surface area contributed by atoms with E-state index in [9.17, 15) is 10.1 Å². The molecule has 0 bridgehead atoms. The van der Waals surface area contributed by atoms with Crippen molar-refractivity contribution >= 4 is 11.5 Å². The van der Waals surface area contributed by atoms with E-state index in [4.69, 9.17) is 0 Å². The minimum Gasteiger partial charge on any atom is -0.359 e. The van der Waals surface area contributed by atoms with Gasteiger partial charge in [-0.2, -0.15) is 0 Å². The predicted octanol–water partition coefficient (Wildman–Crippen LogP) is 2.34. The molecule has 1 aromatic rings. The molecule has 1 aromatic heterocycles. The zero-order valence-corrected chi connectivity index (χ0v) is 8.56. The summed E-state index contributed by atoms with van der Waals surface area (Å²) in [6.45, 7) is 2.06. The van der Waals surface area contributed by atoms with Gasteiger partial charge in [-0.3, -0.25) is 10.1 Å². The molecule has 1 fully saturated rings. The van der Waals surface area contributed by atoms with Gasteiger partial charge in [0.05, 0.1) is 4.92 Å². The van der Waals surface area contributed by atoms with Crippen molar-refractivity contribution in [3.05, 3.63) is 28.4 Å². The first-order valence-corrected chi connectivity index (χ1v) is 4.98. The Morgan fingerprint density at radius 2 is 2.33 bits per heavy atom. The molecule has 1 saturated carbocycles. The average Bonchev–Trinajstić information content (AvgIpc) is 2.16. The number of aromatic nitrogens is 1. The van der Waals surface area contributed by atoms with Crippen LogP contribution in [0.2, 0.25) is 0 Å². The summed E-state index contributed by atoms with van der Waals surface area (Å²) >= 11 is 0. The number of nitrogens with zero attached hydrogens (tertiary/aromatic N) is 2. The second-order valence-corrected chi connectivity index (χ2v) is 4.17. The van der Waals surface area contributed by atoms with E-state index in [1.54, 1.807) is 12.3 Å². The smallest absolute Gasteiger partial charge is 0.311 e. The van der Waals surface area contributed by atoms with Gasteiger partial charge in [0.25, 0.3) is 0 Å². The number of rotatable bonds is 3. The van der Waals surface area contributed by atoms with E-state index in [1.165, 1.54) is 12.5 Å². The van der Waals surface area contributed by atoms with Crippen LogP contribution in [0.25, 0.3) is 0 Å². The SMILES string of the molecule is CC1(Nc2ncccc2[N+](=O)[O-])CCC1. The van der Waals surface area contributed by atoms with Crippen molar-refractivity contribution in [1.82, 2.24) is 4.98 Å². The van der Waals surface area contributed by atoms with Crippen LogP contribution < -0.4 is 5.32 Å². The van der Waals surface area contributed by atoms with Gasteiger partial charge in [-0.25, -0.2) is 4.98 Å². The third-order valence-electron chi connectivity index (χ3n) is 2.86. The van der Waals surface area contributed by atoms with E-state index >= 15 is 0 Å². The highest BCUT2D eigenvalue weighted by Gasteiger charge is 2.33. The molecule has 0 unspecified atom stereocenters. The van der Waals surface area contributed by atoms with Crippen molar-refractivity contribution in [3.8, 4) is 0 Å². The van der Waals surface area contributed by atoms with Gasteiger partial charge in [0.1, 0.15) is 0 Å². The molecule has 80 valence electrons. The normalized spacial score (nSPS) is 17.9. The quantitative estimate of drug-likeness (QED) is 0.610. The van der Waals surface area contributed by atoms with Gasteiger partial charge in [-0.05, 0) is 32.3 Å². The summed E-state index contributed by atoms with van der Waals surface area (Å²) in [6.07, 6.45) is 4.82. The molecular weight excluding hydrogens is 194 g/mol. The van der Waals surface area contributed by atoms with E-state index in [2.05, 4.69) is 17.2 Å². The van der Waals surface area contributed by atoms with Crippen LogP contribution in [0.15, 0.2) is 18.3 Å². The number of hydrogen-bond acceptors (Lipinski definition) is 4. The molecule has 1 N–H and O–H groups in total. The van der Waals surface area contributed by atoms with Crippen LogP contribution in [-0.2, 0) is 0 Å². The number of hydrogen-bond donors (Lipinski definition) is 1. The Morgan fingerprint density at radius 3 is 2.87 bits per heavy atom. The second kappa shape index (κ2) is 3.49. The van der Waals surface area contributed by atoms with Gasteiger partial charge in [0.2, 0.25) is 5.82 Å². The first-order valence-electron chi connectivity index (χ1n) is 4.98. The summed E-state index contributed by atoms with van der Waals surface area (Å²) < 4.78 is 0. The van der Waals surface area contributed by atoms with E-state index < -0.39 is 4.92 Å². The van der Waals surface area contributed by atoms with E-state index in [0.29, 0.717) is 5.82 Å². The van der Waals surface area contributed by atoms with Crippen molar-refractivity contribution in [2.24, 2.45) is 0 Å². The van der Waals surface area contributed by atoms with Gasteiger partial charge >= 0.3 is 5.69 Å². The van der Waals surface area contributed by atoms with Gasteiger partial charge in [-0.15, -0.1) is 0 Å². The average molecular weight is 207 g/mol. The molecule has 0 amide bonds. The Labute approximate surface area is 87.7 Å².